The van der Waals surface area contributed by atoms with Crippen molar-refractivity contribution in [3.63, 3.8) is 0 Å². The number of nitrogens with zero attached hydrogens (tertiary/aromatic N) is 2. The Morgan fingerprint density at radius 1 is 1.37 bits per heavy atom. The van der Waals surface area contributed by atoms with E-state index >= 15 is 0 Å². The van der Waals surface area contributed by atoms with Gasteiger partial charge in [-0.15, -0.1) is 0 Å². The standard InChI is InChI=1S/C20H23FN4O2/c1-2-3-4-13-5-8-17(23-10-13)20(26)24-14-6-7-16(21)15(9-14)18-11-27-12-19(22)25-18/h5-10,18H,2-4,11-12H2,1H3,(H2,22,25)(H,24,26)/t18-/m0/s1. The van der Waals surface area contributed by atoms with Crippen LogP contribution in [0.4, 0.5) is 10.1 Å². The molecule has 0 bridgehead atoms. The number of carbonyl (C=O) groups is 1. The number of anilines is 1. The SMILES string of the molecule is CCCCc1ccc(C(=O)Nc2ccc(F)c([C@@H]3COCC(N)=N3)c2)nc1. The molecule has 7 heteroatoms. The van der Waals surface area contributed by atoms with Gasteiger partial charge in [-0.05, 0) is 42.7 Å². The summed E-state index contributed by atoms with van der Waals surface area (Å²) >= 11 is 0. The number of ether oxygens (including phenoxy) is 1. The summed E-state index contributed by atoms with van der Waals surface area (Å²) in [7, 11) is 0. The molecule has 1 atom stereocenters. The number of aromatic nitrogens is 1. The van der Waals surface area contributed by atoms with Crippen molar-refractivity contribution in [2.24, 2.45) is 10.7 Å². The first kappa shape index (κ1) is 19.0. The van der Waals surface area contributed by atoms with Crippen molar-refractivity contribution in [1.82, 2.24) is 4.98 Å². The molecule has 3 rings (SSSR count). The first-order chi connectivity index (χ1) is 13.1. The molecule has 1 aromatic carbocycles. The Morgan fingerprint density at radius 2 is 2.22 bits per heavy atom. The summed E-state index contributed by atoms with van der Waals surface area (Å²) in [6, 6.07) is 7.44. The lowest BCUT2D eigenvalue weighted by molar-refractivity contribution is 0.102. The van der Waals surface area contributed by atoms with Crippen molar-refractivity contribution in [3.05, 3.63) is 59.2 Å². The van der Waals surface area contributed by atoms with Gasteiger partial charge in [0.25, 0.3) is 5.91 Å². The average molecular weight is 370 g/mol. The maximum Gasteiger partial charge on any atom is 0.274 e. The molecule has 3 N–H and O–H groups in total. The van der Waals surface area contributed by atoms with Gasteiger partial charge >= 0.3 is 0 Å². The lowest BCUT2D eigenvalue weighted by Gasteiger charge is -2.20. The number of unbranched alkanes of at least 4 members (excludes halogenated alkanes) is 1. The molecule has 0 fully saturated rings. The minimum atomic E-state index is -0.522. The number of aliphatic imine (C=N–C) groups is 1. The topological polar surface area (TPSA) is 89.6 Å². The number of amidine groups is 1. The minimum Gasteiger partial charge on any atom is -0.386 e. The molecule has 27 heavy (non-hydrogen) atoms. The Kier molecular flexibility index (Phi) is 6.13. The largest absolute Gasteiger partial charge is 0.386 e. The lowest BCUT2D eigenvalue weighted by Crippen LogP contribution is -2.27. The smallest absolute Gasteiger partial charge is 0.274 e. The van der Waals surface area contributed by atoms with E-state index in [4.69, 9.17) is 10.5 Å². The van der Waals surface area contributed by atoms with E-state index in [0.29, 0.717) is 22.8 Å². The normalized spacial score (nSPS) is 16.7. The van der Waals surface area contributed by atoms with Gasteiger partial charge in [0, 0.05) is 17.4 Å². The number of amides is 1. The number of nitrogens with two attached hydrogens (primary N) is 1. The van der Waals surface area contributed by atoms with Crippen LogP contribution >= 0.6 is 0 Å². The molecule has 1 aromatic heterocycles. The summed E-state index contributed by atoms with van der Waals surface area (Å²) in [5, 5.41) is 2.75. The highest BCUT2D eigenvalue weighted by Crippen LogP contribution is 2.26. The average Bonchev–Trinajstić information content (AvgIpc) is 2.68. The van der Waals surface area contributed by atoms with E-state index in [-0.39, 0.29) is 19.1 Å². The molecule has 1 amide bonds. The monoisotopic (exact) mass is 370 g/mol. The second-order valence-corrected chi connectivity index (χ2v) is 6.50. The van der Waals surface area contributed by atoms with Crippen LogP contribution in [0.1, 0.15) is 47.4 Å². The lowest BCUT2D eigenvalue weighted by atomic mass is 10.1. The van der Waals surface area contributed by atoms with Crippen LogP contribution < -0.4 is 11.1 Å². The van der Waals surface area contributed by atoms with Gasteiger partial charge in [-0.1, -0.05) is 19.4 Å². The van der Waals surface area contributed by atoms with Gasteiger partial charge in [0.15, 0.2) is 0 Å². The van der Waals surface area contributed by atoms with Gasteiger partial charge < -0.3 is 15.8 Å². The van der Waals surface area contributed by atoms with Crippen LogP contribution in [-0.2, 0) is 11.2 Å². The van der Waals surface area contributed by atoms with E-state index in [2.05, 4.69) is 22.2 Å². The highest BCUT2D eigenvalue weighted by Gasteiger charge is 2.20. The van der Waals surface area contributed by atoms with Crippen LogP contribution in [0.3, 0.4) is 0 Å². The van der Waals surface area contributed by atoms with E-state index in [1.165, 1.54) is 12.1 Å². The van der Waals surface area contributed by atoms with Crippen LogP contribution in [0.5, 0.6) is 0 Å². The summed E-state index contributed by atoms with van der Waals surface area (Å²) in [5.41, 5.74) is 7.88. The van der Waals surface area contributed by atoms with Crippen LogP contribution in [0.15, 0.2) is 41.5 Å². The zero-order valence-electron chi connectivity index (χ0n) is 15.2. The molecule has 0 saturated heterocycles. The van der Waals surface area contributed by atoms with Crippen LogP contribution in [0.2, 0.25) is 0 Å². The summed E-state index contributed by atoms with van der Waals surface area (Å²) in [4.78, 5) is 20.9. The zero-order chi connectivity index (χ0) is 19.2. The number of nitrogens with one attached hydrogen (secondary N) is 1. The van der Waals surface area contributed by atoms with Crippen molar-refractivity contribution in [2.45, 2.75) is 32.2 Å². The summed E-state index contributed by atoms with van der Waals surface area (Å²) in [5.74, 6) is -0.441. The molecule has 0 aliphatic carbocycles. The Labute approximate surface area is 157 Å². The summed E-state index contributed by atoms with van der Waals surface area (Å²) < 4.78 is 19.5. The van der Waals surface area contributed by atoms with Crippen molar-refractivity contribution in [2.75, 3.05) is 18.5 Å². The third kappa shape index (κ3) is 4.89. The second-order valence-electron chi connectivity index (χ2n) is 6.50. The van der Waals surface area contributed by atoms with Gasteiger partial charge in [0.05, 0.1) is 6.61 Å². The van der Waals surface area contributed by atoms with Gasteiger partial charge in [-0.3, -0.25) is 14.8 Å². The predicted octanol–water partition coefficient (Wildman–Crippen LogP) is 3.24. The number of benzene rings is 1. The Morgan fingerprint density at radius 3 is 2.93 bits per heavy atom. The van der Waals surface area contributed by atoms with Gasteiger partial charge in [-0.25, -0.2) is 4.39 Å². The fraction of sp³-hybridized carbons (Fsp3) is 0.350. The Balaban J connectivity index is 1.72. The van der Waals surface area contributed by atoms with Gasteiger partial charge in [-0.2, -0.15) is 0 Å². The van der Waals surface area contributed by atoms with E-state index in [0.717, 1.165) is 24.8 Å². The minimum absolute atomic E-state index is 0.245. The van der Waals surface area contributed by atoms with Crippen molar-refractivity contribution in [3.8, 4) is 0 Å². The summed E-state index contributed by atoms with van der Waals surface area (Å²) in [6.45, 7) is 2.62. The quantitative estimate of drug-likeness (QED) is 0.817. The molecule has 0 radical (unpaired) electrons. The maximum absolute atomic E-state index is 14.2. The molecule has 2 aromatic rings. The fourth-order valence-electron chi connectivity index (χ4n) is 2.87. The van der Waals surface area contributed by atoms with Gasteiger partial charge in [0.1, 0.15) is 30.0 Å². The van der Waals surface area contributed by atoms with E-state index in [1.807, 2.05) is 6.07 Å². The molecule has 0 spiro atoms. The van der Waals surface area contributed by atoms with Crippen LogP contribution in [0, 0.1) is 5.82 Å². The number of hydrogen-bond acceptors (Lipinski definition) is 5. The Hall–Kier alpha value is -2.80. The molecular formula is C20H23FN4O2. The first-order valence-corrected chi connectivity index (χ1v) is 9.02. The first-order valence-electron chi connectivity index (χ1n) is 9.02. The molecular weight excluding hydrogens is 347 g/mol. The summed E-state index contributed by atoms with van der Waals surface area (Å²) in [6.07, 6.45) is 4.86. The van der Waals surface area contributed by atoms with E-state index < -0.39 is 11.9 Å². The molecule has 1 aliphatic rings. The number of aryl methyl sites for hydroxylation is 1. The maximum atomic E-state index is 14.2. The zero-order valence-corrected chi connectivity index (χ0v) is 15.2. The molecule has 2 heterocycles. The highest BCUT2D eigenvalue weighted by molar-refractivity contribution is 6.02. The van der Waals surface area contributed by atoms with Crippen molar-refractivity contribution < 1.29 is 13.9 Å². The molecule has 6 nitrogen and oxygen atoms in total. The van der Waals surface area contributed by atoms with Gasteiger partial charge in [0.2, 0.25) is 0 Å². The Bertz CT molecular complexity index is 836. The number of carbonyl (C=O) groups excluding carboxylic acids is 1. The van der Waals surface area contributed by atoms with Crippen molar-refractivity contribution >= 4 is 17.4 Å². The molecule has 0 unspecified atom stereocenters. The fourth-order valence-corrected chi connectivity index (χ4v) is 2.87. The number of pyridine rings is 1. The number of rotatable bonds is 6. The number of halogens is 1. The van der Waals surface area contributed by atoms with Crippen LogP contribution in [0.25, 0.3) is 0 Å². The van der Waals surface area contributed by atoms with E-state index in [9.17, 15) is 9.18 Å². The molecule has 142 valence electrons. The highest BCUT2D eigenvalue weighted by atomic mass is 19.1. The number of hydrogen-bond donors (Lipinski definition) is 2. The predicted molar refractivity (Wildman–Crippen MR) is 102 cm³/mol. The van der Waals surface area contributed by atoms with E-state index in [1.54, 1.807) is 18.3 Å². The third-order valence-corrected chi connectivity index (χ3v) is 4.34. The van der Waals surface area contributed by atoms with Crippen LogP contribution in [-0.4, -0.2) is 29.9 Å². The molecule has 0 saturated carbocycles. The third-order valence-electron chi connectivity index (χ3n) is 4.34. The van der Waals surface area contributed by atoms with Crippen molar-refractivity contribution in [1.29, 1.82) is 0 Å². The molecule has 1 aliphatic heterocycles. The second kappa shape index (κ2) is 8.73.